The van der Waals surface area contributed by atoms with Crippen LogP contribution in [0.15, 0.2) is 54.6 Å². The predicted octanol–water partition coefficient (Wildman–Crippen LogP) is 7.81. The molecule has 7 heteroatoms. The second kappa shape index (κ2) is 7.21. The van der Waals surface area contributed by atoms with Crippen molar-refractivity contribution in [3.63, 3.8) is 0 Å². The molecule has 3 aromatic rings. The summed E-state index contributed by atoms with van der Waals surface area (Å²) in [7, 11) is 0. The van der Waals surface area contributed by atoms with Crippen molar-refractivity contribution in [3.05, 3.63) is 82.7 Å². The van der Waals surface area contributed by atoms with Crippen LogP contribution in [-0.4, -0.2) is 0 Å². The maximum Gasteiger partial charge on any atom is 0.417 e. The summed E-state index contributed by atoms with van der Waals surface area (Å²) < 4.78 is 96.2. The summed E-state index contributed by atoms with van der Waals surface area (Å²) in [6.45, 7) is 3.24. The second-order valence-corrected chi connectivity index (χ2v) is 6.72. The van der Waals surface area contributed by atoms with E-state index in [1.165, 1.54) is 0 Å². The Morgan fingerprint density at radius 3 is 1.45 bits per heavy atom. The largest absolute Gasteiger partial charge is 0.417 e. The first-order valence-corrected chi connectivity index (χ1v) is 8.54. The van der Waals surface area contributed by atoms with Gasteiger partial charge >= 0.3 is 12.4 Å². The molecule has 0 amide bonds. The summed E-state index contributed by atoms with van der Waals surface area (Å²) in [5.74, 6) is -0.761. The van der Waals surface area contributed by atoms with E-state index in [4.69, 9.17) is 0 Å². The molecule has 152 valence electrons. The molecule has 0 aliphatic carbocycles. The highest BCUT2D eigenvalue weighted by atomic mass is 19.4. The van der Waals surface area contributed by atoms with E-state index in [0.717, 1.165) is 36.4 Å². The molecule has 0 bridgehead atoms. The summed E-state index contributed by atoms with van der Waals surface area (Å²) in [5.41, 5.74) is -2.96. The Kier molecular flexibility index (Phi) is 5.19. The topological polar surface area (TPSA) is 0 Å². The lowest BCUT2D eigenvalue weighted by Crippen LogP contribution is -2.15. The number of alkyl halides is 6. The first kappa shape index (κ1) is 20.9. The fourth-order valence-corrected chi connectivity index (χ4v) is 3.43. The zero-order valence-electron chi connectivity index (χ0n) is 15.3. The third-order valence-corrected chi connectivity index (χ3v) is 4.65. The van der Waals surface area contributed by atoms with E-state index in [1.807, 2.05) is 0 Å². The van der Waals surface area contributed by atoms with Gasteiger partial charge in [-0.15, -0.1) is 0 Å². The van der Waals surface area contributed by atoms with E-state index in [1.54, 1.807) is 32.0 Å². The van der Waals surface area contributed by atoms with Crippen LogP contribution >= 0.6 is 0 Å². The Labute approximate surface area is 162 Å². The number of hydrogen-bond acceptors (Lipinski definition) is 0. The van der Waals surface area contributed by atoms with Gasteiger partial charge < -0.3 is 0 Å². The van der Waals surface area contributed by atoms with Crippen LogP contribution in [0.3, 0.4) is 0 Å². The average molecular weight is 412 g/mol. The molecule has 0 atom stereocenters. The molecule has 0 nitrogen and oxygen atoms in total. The van der Waals surface area contributed by atoms with Crippen molar-refractivity contribution >= 4 is 0 Å². The van der Waals surface area contributed by atoms with Gasteiger partial charge in [-0.1, -0.05) is 30.3 Å². The van der Waals surface area contributed by atoms with Crippen LogP contribution in [0.5, 0.6) is 0 Å². The van der Waals surface area contributed by atoms with Gasteiger partial charge in [0.25, 0.3) is 0 Å². The van der Waals surface area contributed by atoms with E-state index in [9.17, 15) is 30.7 Å². The SMILES string of the molecule is Cc1cccc(C)c1-c1cc(C(F)(F)F)c(-c2ccc(F)cc2)c(C(F)(F)F)c1. The highest BCUT2D eigenvalue weighted by Crippen LogP contribution is 2.47. The molecule has 0 N–H and O–H groups in total. The summed E-state index contributed by atoms with van der Waals surface area (Å²) in [5, 5.41) is 0. The fraction of sp³-hybridized carbons (Fsp3) is 0.182. The fourth-order valence-electron chi connectivity index (χ4n) is 3.43. The molecule has 0 spiro atoms. The van der Waals surface area contributed by atoms with Gasteiger partial charge in [0.2, 0.25) is 0 Å². The quantitative estimate of drug-likeness (QED) is 0.377. The Morgan fingerprint density at radius 2 is 1.03 bits per heavy atom. The third-order valence-electron chi connectivity index (χ3n) is 4.65. The summed E-state index contributed by atoms with van der Waals surface area (Å²) >= 11 is 0. The van der Waals surface area contributed by atoms with Gasteiger partial charge in [-0.2, -0.15) is 26.3 Å². The smallest absolute Gasteiger partial charge is 0.207 e. The Morgan fingerprint density at radius 1 is 0.586 bits per heavy atom. The van der Waals surface area contributed by atoms with E-state index in [2.05, 4.69) is 0 Å². The Balaban J connectivity index is 2.44. The lowest BCUT2D eigenvalue weighted by Gasteiger charge is -2.22. The molecule has 0 aliphatic rings. The summed E-state index contributed by atoms with van der Waals surface area (Å²) in [6, 6.07) is 9.85. The van der Waals surface area contributed by atoms with E-state index in [-0.39, 0.29) is 11.1 Å². The van der Waals surface area contributed by atoms with E-state index in [0.29, 0.717) is 16.7 Å². The first-order chi connectivity index (χ1) is 13.4. The molecular formula is C22H15F7. The van der Waals surface area contributed by atoms with Crippen molar-refractivity contribution in [3.8, 4) is 22.3 Å². The number of benzene rings is 3. The molecule has 3 aromatic carbocycles. The highest BCUT2D eigenvalue weighted by molar-refractivity contribution is 5.80. The minimum absolute atomic E-state index is 0.175. The van der Waals surface area contributed by atoms with Crippen LogP contribution < -0.4 is 0 Å². The predicted molar refractivity (Wildman–Crippen MR) is 96.8 cm³/mol. The number of halogens is 7. The number of hydrogen-bond donors (Lipinski definition) is 0. The maximum absolute atomic E-state index is 13.8. The zero-order valence-corrected chi connectivity index (χ0v) is 15.3. The molecule has 3 rings (SSSR count). The molecular weight excluding hydrogens is 397 g/mol. The Hall–Kier alpha value is -2.83. The molecule has 0 radical (unpaired) electrons. The summed E-state index contributed by atoms with van der Waals surface area (Å²) in [6.07, 6.45) is -10.1. The molecule has 0 aliphatic heterocycles. The van der Waals surface area contributed by atoms with Gasteiger partial charge in [-0.25, -0.2) is 4.39 Å². The normalized spacial score (nSPS) is 12.3. The van der Waals surface area contributed by atoms with Crippen molar-refractivity contribution in [2.45, 2.75) is 26.2 Å². The van der Waals surface area contributed by atoms with Gasteiger partial charge in [-0.3, -0.25) is 0 Å². The zero-order chi connectivity index (χ0) is 21.6. The van der Waals surface area contributed by atoms with Crippen LogP contribution in [0.25, 0.3) is 22.3 Å². The monoisotopic (exact) mass is 412 g/mol. The average Bonchev–Trinajstić information content (AvgIpc) is 2.60. The third kappa shape index (κ3) is 4.13. The molecule has 0 aromatic heterocycles. The van der Waals surface area contributed by atoms with Crippen molar-refractivity contribution in [1.29, 1.82) is 0 Å². The molecule has 29 heavy (non-hydrogen) atoms. The van der Waals surface area contributed by atoms with Gasteiger partial charge in [0.05, 0.1) is 11.1 Å². The number of rotatable bonds is 2. The van der Waals surface area contributed by atoms with Crippen LogP contribution in [0.1, 0.15) is 22.3 Å². The van der Waals surface area contributed by atoms with Crippen molar-refractivity contribution in [2.75, 3.05) is 0 Å². The number of aryl methyl sites for hydroxylation is 2. The first-order valence-electron chi connectivity index (χ1n) is 8.54. The van der Waals surface area contributed by atoms with Crippen LogP contribution in [0.4, 0.5) is 30.7 Å². The molecule has 0 unspecified atom stereocenters. The summed E-state index contributed by atoms with van der Waals surface area (Å²) in [4.78, 5) is 0. The van der Waals surface area contributed by atoms with Gasteiger partial charge in [-0.05, 0) is 65.9 Å². The van der Waals surface area contributed by atoms with Crippen LogP contribution in [0, 0.1) is 19.7 Å². The van der Waals surface area contributed by atoms with Crippen LogP contribution in [-0.2, 0) is 12.4 Å². The molecule has 0 saturated heterocycles. The highest BCUT2D eigenvalue weighted by Gasteiger charge is 2.42. The second-order valence-electron chi connectivity index (χ2n) is 6.72. The lowest BCUT2D eigenvalue weighted by atomic mass is 9.87. The minimum atomic E-state index is -5.05. The van der Waals surface area contributed by atoms with Crippen molar-refractivity contribution < 1.29 is 30.7 Å². The van der Waals surface area contributed by atoms with Crippen LogP contribution in [0.2, 0.25) is 0 Å². The molecule has 0 saturated carbocycles. The van der Waals surface area contributed by atoms with E-state index < -0.39 is 34.9 Å². The van der Waals surface area contributed by atoms with Gasteiger partial charge in [0, 0.05) is 5.56 Å². The standard InChI is InChI=1S/C22H15F7/c1-12-4-3-5-13(2)19(12)15-10-17(21(24,25)26)20(18(11-15)22(27,28)29)14-6-8-16(23)9-7-14/h3-11H,1-2H3. The van der Waals surface area contributed by atoms with Gasteiger partial charge in [0.1, 0.15) is 5.82 Å². The minimum Gasteiger partial charge on any atom is -0.207 e. The lowest BCUT2D eigenvalue weighted by molar-refractivity contribution is -0.142. The van der Waals surface area contributed by atoms with Crippen molar-refractivity contribution in [2.24, 2.45) is 0 Å². The maximum atomic E-state index is 13.8. The van der Waals surface area contributed by atoms with E-state index >= 15 is 0 Å². The molecule has 0 heterocycles. The Bertz CT molecular complexity index is 987. The van der Waals surface area contributed by atoms with Crippen molar-refractivity contribution in [1.82, 2.24) is 0 Å². The molecule has 0 fully saturated rings. The van der Waals surface area contributed by atoms with Gasteiger partial charge in [0.15, 0.2) is 0 Å².